The van der Waals surface area contributed by atoms with Crippen molar-refractivity contribution in [3.63, 3.8) is 0 Å². The van der Waals surface area contributed by atoms with E-state index in [2.05, 4.69) is 51.2 Å². The number of anilines is 1. The topological polar surface area (TPSA) is 96.9 Å². The van der Waals surface area contributed by atoms with E-state index in [0.29, 0.717) is 35.3 Å². The van der Waals surface area contributed by atoms with Gasteiger partial charge in [0, 0.05) is 55.7 Å². The van der Waals surface area contributed by atoms with Crippen LogP contribution in [0.3, 0.4) is 0 Å². The molecule has 0 bridgehead atoms. The van der Waals surface area contributed by atoms with Crippen molar-refractivity contribution in [3.8, 4) is 62.8 Å². The number of likely N-dealkylation sites (tertiary alicyclic amines) is 1. The molecule has 0 saturated carbocycles. The van der Waals surface area contributed by atoms with E-state index in [1.807, 2.05) is 49.6 Å². The van der Waals surface area contributed by atoms with Gasteiger partial charge in [-0.1, -0.05) is 6.07 Å². The van der Waals surface area contributed by atoms with Crippen molar-refractivity contribution >= 4 is 5.69 Å². The molecule has 1 aliphatic rings. The molecule has 284 valence electrons. The van der Waals surface area contributed by atoms with Gasteiger partial charge in [-0.15, -0.1) is 0 Å². The van der Waals surface area contributed by atoms with Crippen LogP contribution in [0.1, 0.15) is 29.5 Å². The number of piperidine rings is 1. The molecule has 0 unspecified atom stereocenters. The highest BCUT2D eigenvalue weighted by molar-refractivity contribution is 5.70. The zero-order chi connectivity index (χ0) is 38.2. The number of hydrogen-bond donors (Lipinski definition) is 0. The fourth-order valence-electron chi connectivity index (χ4n) is 7.34. The number of hydrogen-bond acceptors (Lipinski definition) is 11. The summed E-state index contributed by atoms with van der Waals surface area (Å²) in [5.74, 6) is 4.58. The Labute approximate surface area is 318 Å². The first-order valence-electron chi connectivity index (χ1n) is 18.0. The van der Waals surface area contributed by atoms with E-state index in [0.717, 1.165) is 83.3 Å². The Bertz CT molecular complexity index is 2020. The Morgan fingerprint density at radius 2 is 1.13 bits per heavy atom. The van der Waals surface area contributed by atoms with Gasteiger partial charge in [0.1, 0.15) is 0 Å². The van der Waals surface area contributed by atoms with Crippen molar-refractivity contribution in [1.82, 2.24) is 14.9 Å². The highest BCUT2D eigenvalue weighted by Crippen LogP contribution is 2.42. The van der Waals surface area contributed by atoms with E-state index in [4.69, 9.17) is 38.1 Å². The second-order valence-electron chi connectivity index (χ2n) is 13.2. The number of aryl methyl sites for hydroxylation is 1. The summed E-state index contributed by atoms with van der Waals surface area (Å²) in [6.45, 7) is 5.36. The minimum absolute atomic E-state index is 0.259. The van der Waals surface area contributed by atoms with Gasteiger partial charge in [0.2, 0.25) is 5.75 Å². The molecule has 5 aromatic rings. The van der Waals surface area contributed by atoms with Gasteiger partial charge in [0.25, 0.3) is 0 Å². The lowest BCUT2D eigenvalue weighted by molar-refractivity contribution is 0.200. The quantitative estimate of drug-likeness (QED) is 0.105. The fourth-order valence-corrected chi connectivity index (χ4v) is 7.34. The van der Waals surface area contributed by atoms with Crippen molar-refractivity contribution in [2.75, 3.05) is 67.8 Å². The monoisotopic (exact) mass is 734 g/mol. The van der Waals surface area contributed by atoms with E-state index < -0.39 is 0 Å². The van der Waals surface area contributed by atoms with Gasteiger partial charge in [-0.2, -0.15) is 0 Å². The van der Waals surface area contributed by atoms with Gasteiger partial charge in [-0.25, -0.2) is 0 Å². The van der Waals surface area contributed by atoms with Crippen LogP contribution in [0.4, 0.5) is 5.69 Å². The average Bonchev–Trinajstić information content (AvgIpc) is 3.22. The third-order valence-electron chi connectivity index (χ3n) is 10.0. The molecular formula is C43H50N4O7. The molecule has 0 amide bonds. The molecule has 0 N–H and O–H groups in total. The summed E-state index contributed by atoms with van der Waals surface area (Å²) < 4.78 is 39.7. The summed E-state index contributed by atoms with van der Waals surface area (Å²) >= 11 is 0. The van der Waals surface area contributed by atoms with Crippen molar-refractivity contribution in [3.05, 3.63) is 95.8 Å². The molecule has 6 rings (SSSR count). The Balaban J connectivity index is 1.23. The third kappa shape index (κ3) is 8.11. The second kappa shape index (κ2) is 17.4. The van der Waals surface area contributed by atoms with Crippen LogP contribution in [0.2, 0.25) is 0 Å². The number of benzene rings is 3. The maximum Gasteiger partial charge on any atom is 0.203 e. The minimum atomic E-state index is 0.259. The first kappa shape index (κ1) is 38.1. The van der Waals surface area contributed by atoms with Gasteiger partial charge in [0.15, 0.2) is 34.5 Å². The van der Waals surface area contributed by atoms with Crippen LogP contribution in [0, 0.1) is 6.92 Å². The lowest BCUT2D eigenvalue weighted by Crippen LogP contribution is -2.44. The van der Waals surface area contributed by atoms with E-state index in [9.17, 15) is 0 Å². The lowest BCUT2D eigenvalue weighted by Gasteiger charge is -2.40. The Hall–Kier alpha value is -5.68. The zero-order valence-corrected chi connectivity index (χ0v) is 32.5. The van der Waals surface area contributed by atoms with Crippen molar-refractivity contribution < 1.29 is 33.2 Å². The number of rotatable bonds is 15. The highest BCUT2D eigenvalue weighted by atomic mass is 16.5. The zero-order valence-electron chi connectivity index (χ0n) is 32.5. The summed E-state index contributed by atoms with van der Waals surface area (Å²) in [5.41, 5.74) is 7.88. The number of pyridine rings is 2. The summed E-state index contributed by atoms with van der Waals surface area (Å²) in [5, 5.41) is 0. The lowest BCUT2D eigenvalue weighted by atomic mass is 9.99. The van der Waals surface area contributed by atoms with Crippen LogP contribution in [0.25, 0.3) is 22.5 Å². The molecule has 0 radical (unpaired) electrons. The number of aromatic nitrogens is 2. The number of methoxy groups -OCH3 is 7. The van der Waals surface area contributed by atoms with Crippen LogP contribution in [0.5, 0.6) is 40.2 Å². The molecule has 1 saturated heterocycles. The van der Waals surface area contributed by atoms with Crippen LogP contribution in [-0.2, 0) is 13.1 Å². The number of ether oxygens (including phenoxy) is 7. The standard InChI is InChI=1S/C43H50N4O7/c1-28-20-31(23-38(49-3)41(28)52-6)34-22-30(13-17-44-34)27-47(36-10-9-11-37(48-2)42(36)53-7)33-14-18-46(19-15-33)26-29-12-16-45-35(21-29)32-24-39(50-4)43(54-8)40(25-32)51-5/h9-13,16-17,20-25,33H,14-15,18-19,26-27H2,1-8H3. The maximum atomic E-state index is 5.98. The second-order valence-corrected chi connectivity index (χ2v) is 13.2. The molecule has 54 heavy (non-hydrogen) atoms. The van der Waals surface area contributed by atoms with Gasteiger partial charge in [0.05, 0.1) is 66.8 Å². The Kier molecular flexibility index (Phi) is 12.3. The number of para-hydroxylation sites is 1. The molecule has 0 spiro atoms. The summed E-state index contributed by atoms with van der Waals surface area (Å²) in [6, 6.07) is 22.7. The largest absolute Gasteiger partial charge is 0.493 e. The molecule has 2 aromatic heterocycles. The van der Waals surface area contributed by atoms with Gasteiger partial charge in [-0.3, -0.25) is 14.9 Å². The minimum Gasteiger partial charge on any atom is -0.493 e. The fraction of sp³-hybridized carbons (Fsp3) is 0.349. The van der Waals surface area contributed by atoms with E-state index in [-0.39, 0.29) is 6.04 Å². The maximum absolute atomic E-state index is 5.98. The van der Waals surface area contributed by atoms with Crippen molar-refractivity contribution in [1.29, 1.82) is 0 Å². The molecule has 11 heteroatoms. The van der Waals surface area contributed by atoms with E-state index >= 15 is 0 Å². The number of nitrogens with zero attached hydrogens (tertiary/aromatic N) is 4. The van der Waals surface area contributed by atoms with Crippen LogP contribution < -0.4 is 38.1 Å². The predicted molar refractivity (Wildman–Crippen MR) is 211 cm³/mol. The Morgan fingerprint density at radius 3 is 1.70 bits per heavy atom. The van der Waals surface area contributed by atoms with Crippen LogP contribution in [-0.4, -0.2) is 83.8 Å². The smallest absolute Gasteiger partial charge is 0.203 e. The SMILES string of the molecule is COc1cc(-c2cc(CN(c3cccc(OC)c3OC)C3CCN(Cc4ccnc(-c5cc(OC)c(OC)c(OC)c5)c4)CC3)ccn2)cc(C)c1OC. The molecule has 11 nitrogen and oxygen atoms in total. The van der Waals surface area contributed by atoms with Crippen LogP contribution >= 0.6 is 0 Å². The van der Waals surface area contributed by atoms with Crippen molar-refractivity contribution in [2.45, 2.75) is 38.9 Å². The van der Waals surface area contributed by atoms with Gasteiger partial charge in [-0.05, 0) is 97.1 Å². The first-order chi connectivity index (χ1) is 26.3. The Morgan fingerprint density at radius 1 is 0.593 bits per heavy atom. The van der Waals surface area contributed by atoms with Gasteiger partial charge >= 0.3 is 0 Å². The van der Waals surface area contributed by atoms with E-state index in [1.54, 1.807) is 49.8 Å². The third-order valence-corrected chi connectivity index (χ3v) is 10.0. The summed E-state index contributed by atoms with van der Waals surface area (Å²) in [6.07, 6.45) is 5.68. The molecule has 1 fully saturated rings. The molecule has 0 atom stereocenters. The molecule has 0 aliphatic carbocycles. The summed E-state index contributed by atoms with van der Waals surface area (Å²) in [7, 11) is 11.5. The van der Waals surface area contributed by atoms with E-state index in [1.165, 1.54) is 5.56 Å². The normalized spacial score (nSPS) is 13.3. The highest BCUT2D eigenvalue weighted by Gasteiger charge is 2.28. The average molecular weight is 735 g/mol. The predicted octanol–water partition coefficient (Wildman–Crippen LogP) is 7.85. The van der Waals surface area contributed by atoms with Crippen molar-refractivity contribution in [2.24, 2.45) is 0 Å². The van der Waals surface area contributed by atoms with Gasteiger partial charge < -0.3 is 38.1 Å². The molecule has 3 aromatic carbocycles. The molecule has 1 aliphatic heterocycles. The molecule has 3 heterocycles. The molecular weight excluding hydrogens is 684 g/mol. The van der Waals surface area contributed by atoms with Crippen LogP contribution in [0.15, 0.2) is 79.1 Å². The first-order valence-corrected chi connectivity index (χ1v) is 18.0. The summed E-state index contributed by atoms with van der Waals surface area (Å²) in [4.78, 5) is 14.4.